The van der Waals surface area contributed by atoms with Crippen LogP contribution in [0.25, 0.3) is 5.69 Å². The van der Waals surface area contributed by atoms with E-state index in [1.54, 1.807) is 11.0 Å². The number of aromatic nitrogens is 6. The smallest absolute Gasteiger partial charge is 0.130 e. The van der Waals surface area contributed by atoms with Gasteiger partial charge in [0.05, 0.1) is 18.4 Å². The molecule has 0 atom stereocenters. The summed E-state index contributed by atoms with van der Waals surface area (Å²) in [4.78, 5) is 0. The number of halogens is 1. The van der Waals surface area contributed by atoms with E-state index in [4.69, 9.17) is 11.6 Å². The molecule has 0 aliphatic rings. The molecule has 0 unspecified atom stereocenters. The van der Waals surface area contributed by atoms with Crippen LogP contribution >= 0.6 is 11.6 Å². The van der Waals surface area contributed by atoms with Crippen LogP contribution in [0.3, 0.4) is 0 Å². The van der Waals surface area contributed by atoms with E-state index in [0.29, 0.717) is 11.6 Å². The van der Waals surface area contributed by atoms with E-state index in [9.17, 15) is 0 Å². The summed E-state index contributed by atoms with van der Waals surface area (Å²) >= 11 is 5.85. The first-order chi connectivity index (χ1) is 9.22. The Morgan fingerprint density at radius 3 is 2.63 bits per heavy atom. The summed E-state index contributed by atoms with van der Waals surface area (Å²) in [6.07, 6.45) is 3.55. The van der Waals surface area contributed by atoms with Gasteiger partial charge in [-0.05, 0) is 31.2 Å². The number of hydrogen-bond acceptors (Lipinski definition) is 4. The number of hydrogen-bond donors (Lipinski definition) is 0. The van der Waals surface area contributed by atoms with Gasteiger partial charge in [0.2, 0.25) is 0 Å². The largest absolute Gasteiger partial charge is 0.312 e. The van der Waals surface area contributed by atoms with Gasteiger partial charge in [-0.1, -0.05) is 16.8 Å². The maximum Gasteiger partial charge on any atom is 0.130 e. The fourth-order valence-electron chi connectivity index (χ4n) is 1.73. The second kappa shape index (κ2) is 4.81. The Bertz CT molecular complexity index is 684. The normalized spacial score (nSPS) is 10.8. The Morgan fingerprint density at radius 2 is 1.95 bits per heavy atom. The van der Waals surface area contributed by atoms with E-state index in [0.717, 1.165) is 17.2 Å². The number of rotatable bonds is 3. The van der Waals surface area contributed by atoms with Crippen LogP contribution in [0.5, 0.6) is 0 Å². The van der Waals surface area contributed by atoms with Crippen LogP contribution in [-0.4, -0.2) is 29.8 Å². The van der Waals surface area contributed by atoms with Crippen molar-refractivity contribution in [2.24, 2.45) is 0 Å². The summed E-state index contributed by atoms with van der Waals surface area (Å²) in [7, 11) is 0. The molecule has 0 bridgehead atoms. The van der Waals surface area contributed by atoms with Crippen LogP contribution < -0.4 is 0 Å². The molecule has 19 heavy (non-hydrogen) atoms. The van der Waals surface area contributed by atoms with Gasteiger partial charge in [-0.3, -0.25) is 0 Å². The minimum Gasteiger partial charge on any atom is -0.312 e. The lowest BCUT2D eigenvalue weighted by Gasteiger charge is -2.00. The Kier molecular flexibility index (Phi) is 3.00. The molecular formula is C12H11ClN6. The molecule has 1 aromatic carbocycles. The van der Waals surface area contributed by atoms with E-state index in [1.807, 2.05) is 42.0 Å². The number of aryl methyl sites for hydroxylation is 1. The maximum absolute atomic E-state index is 5.85. The van der Waals surface area contributed by atoms with Crippen molar-refractivity contribution in [3.63, 3.8) is 0 Å². The van der Waals surface area contributed by atoms with Crippen LogP contribution in [0.15, 0.2) is 36.8 Å². The minimum atomic E-state index is 0.604. The summed E-state index contributed by atoms with van der Waals surface area (Å²) in [5.74, 6) is 0.848. The predicted octanol–water partition coefficient (Wildman–Crippen LogP) is 1.87. The lowest BCUT2D eigenvalue weighted by molar-refractivity contribution is 0.732. The topological polar surface area (TPSA) is 61.4 Å². The van der Waals surface area contributed by atoms with Gasteiger partial charge >= 0.3 is 0 Å². The Balaban J connectivity index is 1.83. The molecular weight excluding hydrogens is 264 g/mol. The first-order valence-corrected chi connectivity index (χ1v) is 6.12. The summed E-state index contributed by atoms with van der Waals surface area (Å²) in [5, 5.41) is 16.7. The Labute approximate surface area is 114 Å². The molecule has 7 heteroatoms. The van der Waals surface area contributed by atoms with Gasteiger partial charge in [0.15, 0.2) is 0 Å². The highest BCUT2D eigenvalue weighted by Crippen LogP contribution is 2.13. The average molecular weight is 275 g/mol. The molecule has 0 aliphatic heterocycles. The van der Waals surface area contributed by atoms with Crippen molar-refractivity contribution >= 4 is 11.6 Å². The standard InChI is InChI=1S/C12H11ClN6/c1-9-15-14-8-18(9)6-11-7-19(17-16-11)12-4-2-10(13)3-5-12/h2-5,7-8H,6H2,1H3. The van der Waals surface area contributed by atoms with E-state index < -0.39 is 0 Å². The highest BCUT2D eigenvalue weighted by molar-refractivity contribution is 6.30. The first-order valence-electron chi connectivity index (χ1n) is 5.74. The highest BCUT2D eigenvalue weighted by atomic mass is 35.5. The Morgan fingerprint density at radius 1 is 1.16 bits per heavy atom. The molecule has 0 spiro atoms. The van der Waals surface area contributed by atoms with Crippen molar-refractivity contribution in [3.8, 4) is 5.69 Å². The van der Waals surface area contributed by atoms with Crippen LogP contribution in [-0.2, 0) is 6.54 Å². The van der Waals surface area contributed by atoms with Gasteiger partial charge in [0, 0.05) is 5.02 Å². The van der Waals surface area contributed by atoms with Crippen molar-refractivity contribution in [1.82, 2.24) is 29.8 Å². The molecule has 0 amide bonds. The fraction of sp³-hybridized carbons (Fsp3) is 0.167. The highest BCUT2D eigenvalue weighted by Gasteiger charge is 2.05. The second-order valence-corrected chi connectivity index (χ2v) is 4.57. The zero-order valence-electron chi connectivity index (χ0n) is 10.2. The van der Waals surface area contributed by atoms with Crippen molar-refractivity contribution in [3.05, 3.63) is 53.3 Å². The Hall–Kier alpha value is -2.21. The van der Waals surface area contributed by atoms with E-state index in [1.165, 1.54) is 0 Å². The average Bonchev–Trinajstić information content (AvgIpc) is 3.01. The summed E-state index contributed by atoms with van der Waals surface area (Å²) in [6.45, 7) is 2.50. The van der Waals surface area contributed by atoms with Crippen molar-refractivity contribution in [2.75, 3.05) is 0 Å². The van der Waals surface area contributed by atoms with Gasteiger partial charge in [0.1, 0.15) is 17.8 Å². The van der Waals surface area contributed by atoms with E-state index in [-0.39, 0.29) is 0 Å². The molecule has 0 radical (unpaired) electrons. The SMILES string of the molecule is Cc1nncn1Cc1cn(-c2ccc(Cl)cc2)nn1. The third-order valence-electron chi connectivity index (χ3n) is 2.77. The van der Waals surface area contributed by atoms with E-state index >= 15 is 0 Å². The second-order valence-electron chi connectivity index (χ2n) is 4.14. The molecule has 0 saturated carbocycles. The zero-order valence-corrected chi connectivity index (χ0v) is 11.0. The first kappa shape index (κ1) is 11.9. The van der Waals surface area contributed by atoms with Gasteiger partial charge in [0.25, 0.3) is 0 Å². The molecule has 3 rings (SSSR count). The summed E-state index contributed by atoms with van der Waals surface area (Å²) in [6, 6.07) is 7.43. The summed E-state index contributed by atoms with van der Waals surface area (Å²) in [5.41, 5.74) is 1.77. The van der Waals surface area contributed by atoms with Crippen molar-refractivity contribution < 1.29 is 0 Å². The molecule has 2 aromatic heterocycles. The molecule has 6 nitrogen and oxygen atoms in total. The van der Waals surface area contributed by atoms with Gasteiger partial charge < -0.3 is 4.57 Å². The fourth-order valence-corrected chi connectivity index (χ4v) is 1.86. The van der Waals surface area contributed by atoms with Gasteiger partial charge in [-0.25, -0.2) is 4.68 Å². The van der Waals surface area contributed by atoms with E-state index in [2.05, 4.69) is 20.5 Å². The third-order valence-corrected chi connectivity index (χ3v) is 3.03. The molecule has 96 valence electrons. The number of benzene rings is 1. The van der Waals surface area contributed by atoms with Crippen LogP contribution in [0.2, 0.25) is 5.02 Å². The molecule has 3 aromatic rings. The summed E-state index contributed by atoms with van der Waals surface area (Å²) < 4.78 is 3.63. The maximum atomic E-state index is 5.85. The van der Waals surface area contributed by atoms with Gasteiger partial charge in [-0.2, -0.15) is 0 Å². The monoisotopic (exact) mass is 274 g/mol. The van der Waals surface area contributed by atoms with Crippen molar-refractivity contribution in [2.45, 2.75) is 13.5 Å². The molecule has 0 aliphatic carbocycles. The van der Waals surface area contributed by atoms with Crippen LogP contribution in [0.4, 0.5) is 0 Å². The van der Waals surface area contributed by atoms with Crippen LogP contribution in [0, 0.1) is 6.92 Å². The predicted molar refractivity (Wildman–Crippen MR) is 70.2 cm³/mol. The lowest BCUT2D eigenvalue weighted by Crippen LogP contribution is -2.00. The quantitative estimate of drug-likeness (QED) is 0.731. The van der Waals surface area contributed by atoms with Crippen LogP contribution in [0.1, 0.15) is 11.5 Å². The zero-order chi connectivity index (χ0) is 13.2. The van der Waals surface area contributed by atoms with Gasteiger partial charge in [-0.15, -0.1) is 15.3 Å². The van der Waals surface area contributed by atoms with Crippen molar-refractivity contribution in [1.29, 1.82) is 0 Å². The third kappa shape index (κ3) is 2.48. The molecule has 0 saturated heterocycles. The lowest BCUT2D eigenvalue weighted by atomic mass is 10.3. The number of nitrogens with zero attached hydrogens (tertiary/aromatic N) is 6. The molecule has 0 N–H and O–H groups in total. The molecule has 0 fully saturated rings. The minimum absolute atomic E-state index is 0.604. The molecule has 2 heterocycles.